The molecule has 98 valence electrons. The van der Waals surface area contributed by atoms with Gasteiger partial charge in [-0.1, -0.05) is 6.07 Å². The zero-order valence-electron chi connectivity index (χ0n) is 9.75. The molecule has 1 N–H and O–H groups in total. The highest BCUT2D eigenvalue weighted by Crippen LogP contribution is 2.41. The van der Waals surface area contributed by atoms with Crippen molar-refractivity contribution in [3.8, 4) is 17.9 Å². The second-order valence-electron chi connectivity index (χ2n) is 3.31. The zero-order valence-corrected chi connectivity index (χ0v) is 9.75. The molecule has 0 saturated heterocycles. The molecule has 0 aliphatic rings. The topological polar surface area (TPSA) is 68.8 Å². The van der Waals surface area contributed by atoms with Crippen LogP contribution in [0.3, 0.4) is 0 Å². The van der Waals surface area contributed by atoms with Gasteiger partial charge >= 0.3 is 6.18 Å². The highest BCUT2D eigenvalue weighted by Gasteiger charge is 2.37. The monoisotopic (exact) mass is 267 g/mol. The number of ether oxygens (including phenoxy) is 1. The van der Waals surface area contributed by atoms with Crippen molar-refractivity contribution in [3.05, 3.63) is 35.5 Å². The van der Waals surface area contributed by atoms with Crippen LogP contribution < -0.4 is 10.1 Å². The third-order valence-electron chi connectivity index (χ3n) is 2.14. The third-order valence-corrected chi connectivity index (χ3v) is 2.14. The lowest BCUT2D eigenvalue weighted by atomic mass is 10.1. The van der Waals surface area contributed by atoms with Crippen LogP contribution in [0, 0.1) is 22.7 Å². The van der Waals surface area contributed by atoms with Gasteiger partial charge in [-0.25, -0.2) is 0 Å². The van der Waals surface area contributed by atoms with Crippen molar-refractivity contribution in [1.29, 1.82) is 10.5 Å². The first-order valence-electron chi connectivity index (χ1n) is 4.95. The maximum atomic E-state index is 12.9. The Hall–Kier alpha value is -2.67. The van der Waals surface area contributed by atoms with Crippen LogP contribution in [0.5, 0.6) is 5.75 Å². The van der Waals surface area contributed by atoms with Crippen LogP contribution in [0.2, 0.25) is 0 Å². The van der Waals surface area contributed by atoms with Crippen molar-refractivity contribution in [3.63, 3.8) is 0 Å². The minimum absolute atomic E-state index is 0.296. The van der Waals surface area contributed by atoms with Crippen LogP contribution in [0.4, 0.5) is 18.9 Å². The van der Waals surface area contributed by atoms with Gasteiger partial charge in [0.1, 0.15) is 29.0 Å². The standard InChI is InChI=1S/C12H8F3N3O/c1-19-10-4-2-3-9(11(10)12(13,14)15)18-7-8(5-16)6-17/h2-4,7,18H,1H3. The summed E-state index contributed by atoms with van der Waals surface area (Å²) in [5.41, 5.74) is -1.63. The molecule has 0 spiro atoms. The molecule has 0 amide bonds. The third kappa shape index (κ3) is 3.39. The second kappa shape index (κ2) is 5.78. The molecular formula is C12H8F3N3O. The molecule has 0 fully saturated rings. The van der Waals surface area contributed by atoms with Gasteiger partial charge in [0.25, 0.3) is 0 Å². The van der Waals surface area contributed by atoms with Crippen LogP contribution in [0.1, 0.15) is 5.56 Å². The molecule has 1 rings (SSSR count). The van der Waals surface area contributed by atoms with Gasteiger partial charge in [0, 0.05) is 6.20 Å². The molecule has 4 nitrogen and oxygen atoms in total. The quantitative estimate of drug-likeness (QED) is 0.854. The molecule has 0 bridgehead atoms. The van der Waals surface area contributed by atoms with Crippen LogP contribution in [0.25, 0.3) is 0 Å². The van der Waals surface area contributed by atoms with E-state index in [1.807, 2.05) is 0 Å². The zero-order chi connectivity index (χ0) is 14.5. The van der Waals surface area contributed by atoms with Crippen molar-refractivity contribution in [2.75, 3.05) is 12.4 Å². The van der Waals surface area contributed by atoms with E-state index in [2.05, 4.69) is 10.1 Å². The minimum Gasteiger partial charge on any atom is -0.496 e. The summed E-state index contributed by atoms with van der Waals surface area (Å²) in [4.78, 5) is 0. The van der Waals surface area contributed by atoms with Gasteiger partial charge in [-0.05, 0) is 12.1 Å². The van der Waals surface area contributed by atoms with Gasteiger partial charge in [0.15, 0.2) is 0 Å². The maximum Gasteiger partial charge on any atom is 0.421 e. The van der Waals surface area contributed by atoms with E-state index < -0.39 is 11.7 Å². The van der Waals surface area contributed by atoms with Gasteiger partial charge in [-0.3, -0.25) is 0 Å². The molecule has 1 aromatic carbocycles. The first-order chi connectivity index (χ1) is 8.93. The number of nitriles is 2. The van der Waals surface area contributed by atoms with E-state index in [4.69, 9.17) is 10.5 Å². The van der Waals surface area contributed by atoms with Crippen LogP contribution in [-0.2, 0) is 6.18 Å². The Morgan fingerprint density at radius 1 is 1.32 bits per heavy atom. The van der Waals surface area contributed by atoms with Gasteiger partial charge in [0.05, 0.1) is 12.8 Å². The van der Waals surface area contributed by atoms with Gasteiger partial charge in [0.2, 0.25) is 0 Å². The van der Waals surface area contributed by atoms with Crippen molar-refractivity contribution in [2.24, 2.45) is 0 Å². The Morgan fingerprint density at radius 2 is 1.95 bits per heavy atom. The van der Waals surface area contributed by atoms with Gasteiger partial charge in [-0.2, -0.15) is 23.7 Å². The van der Waals surface area contributed by atoms with Crippen molar-refractivity contribution in [1.82, 2.24) is 0 Å². The number of methoxy groups -OCH3 is 1. The maximum absolute atomic E-state index is 12.9. The Morgan fingerprint density at radius 3 is 2.42 bits per heavy atom. The number of hydrogen-bond acceptors (Lipinski definition) is 4. The lowest BCUT2D eigenvalue weighted by Crippen LogP contribution is -2.10. The predicted molar refractivity (Wildman–Crippen MR) is 60.9 cm³/mol. The number of benzene rings is 1. The Kier molecular flexibility index (Phi) is 4.38. The van der Waals surface area contributed by atoms with E-state index in [1.165, 1.54) is 30.3 Å². The van der Waals surface area contributed by atoms with E-state index in [-0.39, 0.29) is 17.0 Å². The fourth-order valence-corrected chi connectivity index (χ4v) is 1.35. The summed E-state index contributed by atoms with van der Waals surface area (Å²) < 4.78 is 43.4. The largest absolute Gasteiger partial charge is 0.496 e. The molecule has 0 radical (unpaired) electrons. The number of allylic oxidation sites excluding steroid dienone is 1. The number of nitrogens with one attached hydrogen (secondary N) is 1. The number of rotatable bonds is 3. The van der Waals surface area contributed by atoms with Crippen molar-refractivity contribution >= 4 is 5.69 Å². The fraction of sp³-hybridized carbons (Fsp3) is 0.167. The normalized spacial score (nSPS) is 10.0. The summed E-state index contributed by atoms with van der Waals surface area (Å²) in [6.07, 6.45) is -3.72. The summed E-state index contributed by atoms with van der Waals surface area (Å²) in [6.45, 7) is 0. The molecular weight excluding hydrogens is 259 g/mol. The first kappa shape index (κ1) is 14.4. The fourth-order valence-electron chi connectivity index (χ4n) is 1.35. The summed E-state index contributed by atoms with van der Waals surface area (Å²) in [5.74, 6) is -0.346. The average Bonchev–Trinajstić information content (AvgIpc) is 2.38. The molecule has 0 aliphatic carbocycles. The highest BCUT2D eigenvalue weighted by atomic mass is 19.4. The average molecular weight is 267 g/mol. The minimum atomic E-state index is -4.62. The smallest absolute Gasteiger partial charge is 0.421 e. The molecule has 0 saturated carbocycles. The highest BCUT2D eigenvalue weighted by molar-refractivity contribution is 5.61. The van der Waals surface area contributed by atoms with Crippen LogP contribution in [0.15, 0.2) is 30.0 Å². The predicted octanol–water partition coefficient (Wildman–Crippen LogP) is 3.06. The first-order valence-corrected chi connectivity index (χ1v) is 4.95. The van der Waals surface area contributed by atoms with E-state index in [1.54, 1.807) is 0 Å². The number of halogens is 3. The van der Waals surface area contributed by atoms with Gasteiger partial charge < -0.3 is 10.1 Å². The SMILES string of the molecule is COc1cccc(NC=C(C#N)C#N)c1C(F)(F)F. The second-order valence-corrected chi connectivity index (χ2v) is 3.31. The molecule has 0 heterocycles. The molecule has 0 aliphatic heterocycles. The van der Waals surface area contributed by atoms with Crippen molar-refractivity contribution < 1.29 is 17.9 Å². The molecule has 0 aromatic heterocycles. The summed E-state index contributed by atoms with van der Waals surface area (Å²) >= 11 is 0. The van der Waals surface area contributed by atoms with E-state index in [9.17, 15) is 13.2 Å². The van der Waals surface area contributed by atoms with Crippen LogP contribution in [-0.4, -0.2) is 7.11 Å². The number of alkyl halides is 3. The number of anilines is 1. The molecule has 19 heavy (non-hydrogen) atoms. The summed E-state index contributed by atoms with van der Waals surface area (Å²) in [7, 11) is 1.13. The van der Waals surface area contributed by atoms with E-state index >= 15 is 0 Å². The van der Waals surface area contributed by atoms with E-state index in [0.29, 0.717) is 0 Å². The summed E-state index contributed by atoms with van der Waals surface area (Å²) in [5, 5.41) is 19.3. The number of hydrogen-bond donors (Lipinski definition) is 1. The molecule has 1 aromatic rings. The Bertz CT molecular complexity index is 563. The van der Waals surface area contributed by atoms with Crippen molar-refractivity contribution in [2.45, 2.75) is 6.18 Å². The van der Waals surface area contributed by atoms with E-state index in [0.717, 1.165) is 13.3 Å². The van der Waals surface area contributed by atoms with Crippen LogP contribution >= 0.6 is 0 Å². The Balaban J connectivity index is 3.27. The molecule has 0 unspecified atom stereocenters. The number of nitrogens with zero attached hydrogens (tertiary/aromatic N) is 2. The van der Waals surface area contributed by atoms with Gasteiger partial charge in [-0.15, -0.1) is 0 Å². The summed E-state index contributed by atoms with van der Waals surface area (Å²) in [6, 6.07) is 6.78. The lowest BCUT2D eigenvalue weighted by Gasteiger charge is -2.16. The molecule has 7 heteroatoms. The molecule has 0 atom stereocenters. The lowest BCUT2D eigenvalue weighted by molar-refractivity contribution is -0.138. The Labute approximate surface area is 107 Å².